The molecule has 112 valence electrons. The fraction of sp³-hybridized carbons (Fsp3) is 0.357. The third-order valence-corrected chi connectivity index (χ3v) is 3.61. The second kappa shape index (κ2) is 5.73. The first kappa shape index (κ1) is 15.9. The van der Waals surface area contributed by atoms with Crippen LogP contribution in [0, 0.1) is 12.3 Å². The summed E-state index contributed by atoms with van der Waals surface area (Å²) in [6, 6.07) is 5.66. The minimum absolute atomic E-state index is 0.116. The van der Waals surface area contributed by atoms with E-state index in [0.29, 0.717) is 5.02 Å². The van der Waals surface area contributed by atoms with Crippen LogP contribution in [0.4, 0.5) is 0 Å². The van der Waals surface area contributed by atoms with Crippen molar-refractivity contribution < 1.29 is 30.0 Å². The lowest BCUT2D eigenvalue weighted by Crippen LogP contribution is -2.53. The van der Waals surface area contributed by atoms with Crippen molar-refractivity contribution in [2.24, 2.45) is 0 Å². The van der Waals surface area contributed by atoms with Crippen LogP contribution < -0.4 is 0 Å². The number of ether oxygens (including phenoxy) is 1. The Hall–Kier alpha value is -1.46. The van der Waals surface area contributed by atoms with Gasteiger partial charge in [-0.1, -0.05) is 17.5 Å². The van der Waals surface area contributed by atoms with Gasteiger partial charge in [0.05, 0.1) is 0 Å². The minimum atomic E-state index is -2.37. The van der Waals surface area contributed by atoms with Crippen LogP contribution in [0.5, 0.6) is 0 Å². The molecule has 2 rings (SSSR count). The minimum Gasteiger partial charge on any atom is -0.384 e. The third-order valence-electron chi connectivity index (χ3n) is 3.36. The largest absolute Gasteiger partial charge is 0.384 e. The van der Waals surface area contributed by atoms with Crippen molar-refractivity contribution >= 4 is 17.4 Å². The van der Waals surface area contributed by atoms with Gasteiger partial charge >= 0.3 is 0 Å². The number of Topliss-reactive ketones (excluding diaryl/α,β-unsaturated/α-hetero) is 1. The molecule has 7 heteroatoms. The number of carbonyl (C=O) groups is 1. The molecule has 1 heterocycles. The van der Waals surface area contributed by atoms with E-state index in [1.807, 2.05) is 5.92 Å². The molecule has 4 N–H and O–H groups in total. The average Bonchev–Trinajstić information content (AvgIpc) is 2.71. The molecule has 6 nitrogen and oxygen atoms in total. The van der Waals surface area contributed by atoms with E-state index in [0.717, 1.165) is 0 Å². The zero-order chi connectivity index (χ0) is 15.8. The fourth-order valence-corrected chi connectivity index (χ4v) is 2.25. The fourth-order valence-electron chi connectivity index (χ4n) is 2.12. The molecular formula is C14H13ClO6. The van der Waals surface area contributed by atoms with E-state index in [9.17, 15) is 25.2 Å². The van der Waals surface area contributed by atoms with Gasteiger partial charge in [-0.15, -0.1) is 6.42 Å². The normalized spacial score (nSPS) is 33.4. The van der Waals surface area contributed by atoms with Crippen molar-refractivity contribution in [1.82, 2.24) is 0 Å². The Labute approximate surface area is 125 Å². The summed E-state index contributed by atoms with van der Waals surface area (Å²) in [7, 11) is 0. The number of aliphatic hydroxyl groups is 4. The van der Waals surface area contributed by atoms with Gasteiger partial charge in [0.15, 0.2) is 17.7 Å². The van der Waals surface area contributed by atoms with E-state index in [-0.39, 0.29) is 5.56 Å². The number of hydrogen-bond acceptors (Lipinski definition) is 6. The molecule has 0 aromatic heterocycles. The zero-order valence-corrected chi connectivity index (χ0v) is 11.4. The van der Waals surface area contributed by atoms with Gasteiger partial charge in [-0.25, -0.2) is 0 Å². The number of ketones is 1. The monoisotopic (exact) mass is 312 g/mol. The Kier molecular flexibility index (Phi) is 4.35. The molecule has 0 amide bonds. The van der Waals surface area contributed by atoms with E-state index >= 15 is 0 Å². The summed E-state index contributed by atoms with van der Waals surface area (Å²) < 4.78 is 4.82. The Morgan fingerprint density at radius 3 is 2.48 bits per heavy atom. The highest BCUT2D eigenvalue weighted by Gasteiger charge is 2.58. The Bertz CT molecular complexity index is 580. The Morgan fingerprint density at radius 1 is 1.38 bits per heavy atom. The van der Waals surface area contributed by atoms with Gasteiger partial charge in [0.2, 0.25) is 0 Å². The van der Waals surface area contributed by atoms with Crippen LogP contribution >= 0.6 is 11.6 Å². The first-order valence-corrected chi connectivity index (χ1v) is 6.38. The number of halogens is 1. The molecule has 5 atom stereocenters. The average molecular weight is 313 g/mol. The van der Waals surface area contributed by atoms with Crippen molar-refractivity contribution in [3.05, 3.63) is 34.9 Å². The van der Waals surface area contributed by atoms with Gasteiger partial charge in [0.25, 0.3) is 0 Å². The summed E-state index contributed by atoms with van der Waals surface area (Å²) in [4.78, 5) is 12.1. The van der Waals surface area contributed by atoms with E-state index in [4.69, 9.17) is 22.8 Å². The summed E-state index contributed by atoms with van der Waals surface area (Å²) >= 11 is 5.70. The van der Waals surface area contributed by atoms with Gasteiger partial charge < -0.3 is 25.2 Å². The van der Waals surface area contributed by atoms with E-state index < -0.39 is 36.0 Å². The zero-order valence-electron chi connectivity index (χ0n) is 10.7. The predicted octanol–water partition coefficient (Wildman–Crippen LogP) is -0.674. The smallest absolute Gasteiger partial charge is 0.194 e. The number of benzene rings is 1. The summed E-state index contributed by atoms with van der Waals surface area (Å²) in [5, 5.41) is 39.6. The third kappa shape index (κ3) is 2.68. The molecular weight excluding hydrogens is 300 g/mol. The number of terminal acetylenes is 1. The summed E-state index contributed by atoms with van der Waals surface area (Å²) in [6.07, 6.45) is -2.04. The lowest BCUT2D eigenvalue weighted by molar-refractivity contribution is -0.140. The van der Waals surface area contributed by atoms with Crippen LogP contribution in [0.3, 0.4) is 0 Å². The van der Waals surface area contributed by atoms with Crippen LogP contribution in [-0.2, 0) is 4.74 Å². The molecule has 21 heavy (non-hydrogen) atoms. The SMILES string of the molecule is C#C[C@@]1(O)[C@@H](C(O)C(=O)c2ccc(Cl)cc2)O[C@H](O)[C@@H]1O. The van der Waals surface area contributed by atoms with Crippen LogP contribution in [0.25, 0.3) is 0 Å². The van der Waals surface area contributed by atoms with Crippen molar-refractivity contribution in [1.29, 1.82) is 0 Å². The van der Waals surface area contributed by atoms with Gasteiger partial charge in [0.1, 0.15) is 18.3 Å². The van der Waals surface area contributed by atoms with Gasteiger partial charge in [0, 0.05) is 10.6 Å². The molecule has 0 aliphatic carbocycles. The molecule has 1 aromatic carbocycles. The number of hydrogen-bond donors (Lipinski definition) is 4. The highest BCUT2D eigenvalue weighted by Crippen LogP contribution is 2.32. The standard InChI is InChI=1S/C14H13ClO6/c1-2-14(20)11(18)13(19)21-12(14)10(17)9(16)7-3-5-8(15)6-4-7/h1,3-6,10-13,17-20H/t10?,11-,12+,13-,14-/m0/s1. The van der Waals surface area contributed by atoms with Crippen LogP contribution in [0.2, 0.25) is 5.02 Å². The molecule has 1 unspecified atom stereocenters. The van der Waals surface area contributed by atoms with Crippen LogP contribution in [-0.4, -0.2) is 56.4 Å². The maximum Gasteiger partial charge on any atom is 0.194 e. The maximum absolute atomic E-state index is 12.1. The highest BCUT2D eigenvalue weighted by molar-refractivity contribution is 6.30. The highest BCUT2D eigenvalue weighted by atomic mass is 35.5. The van der Waals surface area contributed by atoms with E-state index in [1.54, 1.807) is 0 Å². The molecule has 1 aliphatic rings. The Balaban J connectivity index is 2.27. The van der Waals surface area contributed by atoms with Gasteiger partial charge in [-0.3, -0.25) is 4.79 Å². The molecule has 0 radical (unpaired) electrons. The van der Waals surface area contributed by atoms with Gasteiger partial charge in [-0.05, 0) is 24.3 Å². The lowest BCUT2D eigenvalue weighted by atomic mass is 9.87. The molecule has 0 spiro atoms. The molecule has 1 fully saturated rings. The van der Waals surface area contributed by atoms with Crippen molar-refractivity contribution in [2.75, 3.05) is 0 Å². The van der Waals surface area contributed by atoms with Crippen LogP contribution in [0.15, 0.2) is 24.3 Å². The number of carbonyl (C=O) groups excluding carboxylic acids is 1. The second-order valence-corrected chi connectivity index (χ2v) is 5.11. The summed E-state index contributed by atoms with van der Waals surface area (Å²) in [5.41, 5.74) is -2.26. The number of rotatable bonds is 3. The molecule has 1 aliphatic heterocycles. The second-order valence-electron chi connectivity index (χ2n) is 4.68. The van der Waals surface area contributed by atoms with Crippen molar-refractivity contribution in [3.63, 3.8) is 0 Å². The van der Waals surface area contributed by atoms with Gasteiger partial charge in [-0.2, -0.15) is 0 Å². The molecule has 1 aromatic rings. The summed E-state index contributed by atoms with van der Waals surface area (Å²) in [5.74, 6) is 1.07. The first-order chi connectivity index (χ1) is 9.81. The lowest BCUT2D eigenvalue weighted by Gasteiger charge is -2.27. The summed E-state index contributed by atoms with van der Waals surface area (Å²) in [6.45, 7) is 0. The number of aliphatic hydroxyl groups excluding tert-OH is 3. The Morgan fingerprint density at radius 2 is 1.95 bits per heavy atom. The molecule has 0 bridgehead atoms. The molecule has 0 saturated carbocycles. The first-order valence-electron chi connectivity index (χ1n) is 6.01. The van der Waals surface area contributed by atoms with E-state index in [1.165, 1.54) is 24.3 Å². The van der Waals surface area contributed by atoms with Crippen molar-refractivity contribution in [2.45, 2.75) is 30.2 Å². The van der Waals surface area contributed by atoms with Crippen molar-refractivity contribution in [3.8, 4) is 12.3 Å². The predicted molar refractivity (Wildman–Crippen MR) is 72.5 cm³/mol. The topological polar surface area (TPSA) is 107 Å². The van der Waals surface area contributed by atoms with Crippen LogP contribution in [0.1, 0.15) is 10.4 Å². The van der Waals surface area contributed by atoms with E-state index in [2.05, 4.69) is 0 Å². The quantitative estimate of drug-likeness (QED) is 0.435. The maximum atomic E-state index is 12.1. The molecule has 1 saturated heterocycles.